The molecule has 0 unspecified atom stereocenters. The Labute approximate surface area is 206 Å². The molecule has 178 valence electrons. The Morgan fingerprint density at radius 3 is 2.74 bits per heavy atom. The fourth-order valence-corrected chi connectivity index (χ4v) is 5.73. The molecule has 34 heavy (non-hydrogen) atoms. The van der Waals surface area contributed by atoms with Gasteiger partial charge in [-0.2, -0.15) is 14.6 Å². The Kier molecular flexibility index (Phi) is 6.17. The lowest BCUT2D eigenvalue weighted by molar-refractivity contribution is 0.180. The lowest BCUT2D eigenvalue weighted by Crippen LogP contribution is -2.40. The van der Waals surface area contributed by atoms with Gasteiger partial charge in [0.25, 0.3) is 0 Å². The Bertz CT molecular complexity index is 1460. The van der Waals surface area contributed by atoms with Crippen LogP contribution in [0.4, 0.5) is 5.82 Å². The molecule has 1 aromatic carbocycles. The minimum Gasteiger partial charge on any atom is -0.476 e. The Hall–Kier alpha value is -2.76. The van der Waals surface area contributed by atoms with E-state index in [4.69, 9.17) is 15.5 Å². The summed E-state index contributed by atoms with van der Waals surface area (Å²) in [6, 6.07) is 9.97. The van der Waals surface area contributed by atoms with E-state index in [-0.39, 0.29) is 11.7 Å². The van der Waals surface area contributed by atoms with Gasteiger partial charge in [0.2, 0.25) is 15.9 Å². The van der Waals surface area contributed by atoms with Crippen molar-refractivity contribution in [2.75, 3.05) is 31.2 Å². The monoisotopic (exact) mass is 544 g/mol. The molecule has 3 aromatic heterocycles. The Morgan fingerprint density at radius 1 is 1.21 bits per heavy atom. The quantitative estimate of drug-likeness (QED) is 0.393. The van der Waals surface area contributed by atoms with Gasteiger partial charge in [0.15, 0.2) is 5.65 Å². The number of para-hydroxylation sites is 1. The van der Waals surface area contributed by atoms with Gasteiger partial charge in [0.05, 0.1) is 24.1 Å². The topological polar surface area (TPSA) is 116 Å². The minimum absolute atomic E-state index is 0.130. The molecule has 0 bridgehead atoms. The standard InChI is InChI=1S/C23H25BrN6O3S/c1-2-34(31,32)29-9-7-15(8-10-29)14-33-23-20(24)21(25)30-22(28-23)18(13-27-30)17-11-16-5-3-4-6-19(16)26-12-17/h3-6,11-13,15H,2,7-10,14,25H2,1H3. The van der Waals surface area contributed by atoms with Crippen LogP contribution in [0, 0.1) is 5.92 Å². The van der Waals surface area contributed by atoms with Gasteiger partial charge < -0.3 is 10.5 Å². The maximum Gasteiger partial charge on any atom is 0.233 e. The highest BCUT2D eigenvalue weighted by atomic mass is 79.9. The van der Waals surface area contributed by atoms with Crippen LogP contribution in [0.25, 0.3) is 27.7 Å². The predicted octanol–water partition coefficient (Wildman–Crippen LogP) is 3.73. The van der Waals surface area contributed by atoms with E-state index < -0.39 is 10.0 Å². The van der Waals surface area contributed by atoms with E-state index in [9.17, 15) is 8.42 Å². The Balaban J connectivity index is 1.39. The summed E-state index contributed by atoms with van der Waals surface area (Å²) in [5.41, 5.74) is 9.53. The molecule has 0 aliphatic carbocycles. The predicted molar refractivity (Wildman–Crippen MR) is 135 cm³/mol. The van der Waals surface area contributed by atoms with Crippen molar-refractivity contribution in [2.24, 2.45) is 5.92 Å². The van der Waals surface area contributed by atoms with Gasteiger partial charge >= 0.3 is 0 Å². The molecule has 0 saturated carbocycles. The molecular weight excluding hydrogens is 520 g/mol. The third-order valence-electron chi connectivity index (χ3n) is 6.28. The molecule has 4 aromatic rings. The summed E-state index contributed by atoms with van der Waals surface area (Å²) in [4.78, 5) is 9.27. The van der Waals surface area contributed by atoms with E-state index in [1.807, 2.05) is 24.3 Å². The third-order valence-corrected chi connectivity index (χ3v) is 8.91. The molecule has 11 heteroatoms. The molecule has 5 rings (SSSR count). The number of nitrogens with two attached hydrogens (primary N) is 1. The van der Waals surface area contributed by atoms with Crippen LogP contribution in [0.2, 0.25) is 0 Å². The molecule has 0 atom stereocenters. The molecule has 0 amide bonds. The van der Waals surface area contributed by atoms with Gasteiger partial charge in [0, 0.05) is 35.8 Å². The van der Waals surface area contributed by atoms with Gasteiger partial charge in [-0.1, -0.05) is 18.2 Å². The SMILES string of the molecule is CCS(=O)(=O)N1CCC(COc2nc3c(-c4cnc5ccccc5c4)cnn3c(N)c2Br)CC1. The van der Waals surface area contributed by atoms with Crippen LogP contribution >= 0.6 is 15.9 Å². The smallest absolute Gasteiger partial charge is 0.233 e. The molecule has 0 radical (unpaired) electrons. The first-order valence-corrected chi connectivity index (χ1v) is 13.6. The largest absolute Gasteiger partial charge is 0.476 e. The van der Waals surface area contributed by atoms with Crippen molar-refractivity contribution < 1.29 is 13.2 Å². The van der Waals surface area contributed by atoms with Crippen LogP contribution in [0.1, 0.15) is 19.8 Å². The van der Waals surface area contributed by atoms with Crippen LogP contribution in [0.15, 0.2) is 47.2 Å². The summed E-state index contributed by atoms with van der Waals surface area (Å²) in [7, 11) is -3.15. The fraction of sp³-hybridized carbons (Fsp3) is 0.348. The number of nitrogen functional groups attached to an aromatic ring is 1. The molecule has 1 aliphatic rings. The maximum atomic E-state index is 12.1. The summed E-state index contributed by atoms with van der Waals surface area (Å²) in [6.07, 6.45) is 5.02. The van der Waals surface area contributed by atoms with Gasteiger partial charge in [-0.15, -0.1) is 0 Å². The highest BCUT2D eigenvalue weighted by molar-refractivity contribution is 9.10. The number of benzene rings is 1. The van der Waals surface area contributed by atoms with Crippen molar-refractivity contribution in [1.29, 1.82) is 0 Å². The molecule has 9 nitrogen and oxygen atoms in total. The maximum absolute atomic E-state index is 12.1. The lowest BCUT2D eigenvalue weighted by Gasteiger charge is -2.30. The number of fused-ring (bicyclic) bond motifs is 2. The van der Waals surface area contributed by atoms with Crippen LogP contribution in [0.5, 0.6) is 5.88 Å². The molecule has 0 spiro atoms. The van der Waals surface area contributed by atoms with Crippen LogP contribution < -0.4 is 10.5 Å². The van der Waals surface area contributed by atoms with Gasteiger partial charge in [-0.05, 0) is 53.7 Å². The number of pyridine rings is 1. The van der Waals surface area contributed by atoms with Crippen LogP contribution in [0.3, 0.4) is 0 Å². The number of aromatic nitrogens is 4. The first-order chi connectivity index (χ1) is 16.4. The van der Waals surface area contributed by atoms with E-state index in [1.54, 1.807) is 28.1 Å². The van der Waals surface area contributed by atoms with E-state index in [1.165, 1.54) is 0 Å². The zero-order valence-corrected chi connectivity index (χ0v) is 21.1. The number of rotatable bonds is 6. The average molecular weight is 545 g/mol. The van der Waals surface area contributed by atoms with Crippen LogP contribution in [-0.4, -0.2) is 57.8 Å². The van der Waals surface area contributed by atoms with Crippen LogP contribution in [-0.2, 0) is 10.0 Å². The number of halogens is 1. The van der Waals surface area contributed by atoms with Gasteiger partial charge in [0.1, 0.15) is 10.3 Å². The van der Waals surface area contributed by atoms with Crippen molar-refractivity contribution in [3.63, 3.8) is 0 Å². The molecule has 1 fully saturated rings. The number of ether oxygens (including phenoxy) is 1. The number of hydrogen-bond donors (Lipinski definition) is 1. The second-order valence-electron chi connectivity index (χ2n) is 8.38. The summed E-state index contributed by atoms with van der Waals surface area (Å²) in [6.45, 7) is 3.14. The lowest BCUT2D eigenvalue weighted by atomic mass is 9.99. The second-order valence-corrected chi connectivity index (χ2v) is 11.4. The van der Waals surface area contributed by atoms with E-state index in [2.05, 4.69) is 32.1 Å². The zero-order chi connectivity index (χ0) is 23.9. The highest BCUT2D eigenvalue weighted by Gasteiger charge is 2.27. The Morgan fingerprint density at radius 2 is 1.97 bits per heavy atom. The number of anilines is 1. The number of nitrogens with zero attached hydrogens (tertiary/aromatic N) is 5. The van der Waals surface area contributed by atoms with E-state index in [0.29, 0.717) is 41.5 Å². The van der Waals surface area contributed by atoms with Gasteiger partial charge in [-0.3, -0.25) is 4.98 Å². The first kappa shape index (κ1) is 23.0. The third kappa shape index (κ3) is 4.23. The highest BCUT2D eigenvalue weighted by Crippen LogP contribution is 2.34. The molecule has 1 saturated heterocycles. The number of hydrogen-bond acceptors (Lipinski definition) is 7. The normalized spacial score (nSPS) is 15.8. The minimum atomic E-state index is -3.15. The van der Waals surface area contributed by atoms with Gasteiger partial charge in [-0.25, -0.2) is 12.7 Å². The first-order valence-electron chi connectivity index (χ1n) is 11.2. The summed E-state index contributed by atoms with van der Waals surface area (Å²) < 4.78 is 34.0. The number of piperidine rings is 1. The summed E-state index contributed by atoms with van der Waals surface area (Å²) >= 11 is 3.50. The van der Waals surface area contributed by atoms with Crippen molar-refractivity contribution in [1.82, 2.24) is 23.9 Å². The summed E-state index contributed by atoms with van der Waals surface area (Å²) in [5, 5.41) is 5.44. The molecule has 2 N–H and O–H groups in total. The van der Waals surface area contributed by atoms with Crippen molar-refractivity contribution in [2.45, 2.75) is 19.8 Å². The van der Waals surface area contributed by atoms with Crippen molar-refractivity contribution in [3.8, 4) is 17.0 Å². The summed E-state index contributed by atoms with van der Waals surface area (Å²) in [5.74, 6) is 1.15. The number of sulfonamides is 1. The van der Waals surface area contributed by atoms with Crippen molar-refractivity contribution in [3.05, 3.63) is 47.2 Å². The average Bonchev–Trinajstić information content (AvgIpc) is 3.29. The van der Waals surface area contributed by atoms with Crippen molar-refractivity contribution >= 4 is 48.3 Å². The molecule has 4 heterocycles. The fourth-order valence-electron chi connectivity index (χ4n) is 4.22. The zero-order valence-electron chi connectivity index (χ0n) is 18.7. The van der Waals surface area contributed by atoms with E-state index >= 15 is 0 Å². The second kappa shape index (κ2) is 9.12. The molecular formula is C23H25BrN6O3S. The molecule has 1 aliphatic heterocycles. The van der Waals surface area contributed by atoms with E-state index in [0.717, 1.165) is 34.9 Å².